The highest BCUT2D eigenvalue weighted by atomic mass is 16.5. The van der Waals surface area contributed by atoms with E-state index in [0.717, 1.165) is 5.56 Å². The molecular weight excluding hydrogens is 362 g/mol. The van der Waals surface area contributed by atoms with Gasteiger partial charge in [0.2, 0.25) is 11.8 Å². The van der Waals surface area contributed by atoms with E-state index in [1.807, 2.05) is 36.9 Å². The average Bonchev–Trinajstić information content (AvgIpc) is 2.67. The molecule has 0 bridgehead atoms. The molecule has 2 rings (SSSR count). The van der Waals surface area contributed by atoms with Crippen molar-refractivity contribution >= 4 is 11.8 Å². The molecule has 1 aromatic carbocycles. The number of rotatable bonds is 10. The normalized spacial score (nSPS) is 17.3. The third kappa shape index (κ3) is 6.10. The van der Waals surface area contributed by atoms with Gasteiger partial charge in [-0.2, -0.15) is 0 Å². The van der Waals surface area contributed by atoms with E-state index < -0.39 is 6.04 Å². The fourth-order valence-corrected chi connectivity index (χ4v) is 3.20. The Morgan fingerprint density at radius 1 is 1.32 bits per heavy atom. The van der Waals surface area contributed by atoms with Crippen molar-refractivity contribution < 1.29 is 23.8 Å². The molecule has 28 heavy (non-hydrogen) atoms. The van der Waals surface area contributed by atoms with Crippen LogP contribution in [0.5, 0.6) is 11.5 Å². The number of methoxy groups -OCH3 is 2. The maximum absolute atomic E-state index is 12.4. The largest absolute Gasteiger partial charge is 0.493 e. The topological polar surface area (TPSA) is 89.1 Å². The van der Waals surface area contributed by atoms with Crippen LogP contribution in [0.2, 0.25) is 0 Å². The van der Waals surface area contributed by atoms with Gasteiger partial charge >= 0.3 is 0 Å². The number of carbonyl (C=O) groups excluding carboxylic acids is 2. The minimum Gasteiger partial charge on any atom is -0.493 e. The number of ether oxygens (including phenoxy) is 3. The van der Waals surface area contributed by atoms with Crippen LogP contribution in [0.1, 0.15) is 25.8 Å². The van der Waals surface area contributed by atoms with E-state index in [-0.39, 0.29) is 24.3 Å². The number of para-hydroxylation sites is 1. The number of carbonyl (C=O) groups is 2. The van der Waals surface area contributed by atoms with Gasteiger partial charge in [-0.05, 0) is 19.9 Å². The molecule has 8 heteroatoms. The number of piperazine rings is 1. The van der Waals surface area contributed by atoms with E-state index in [1.54, 1.807) is 14.2 Å². The van der Waals surface area contributed by atoms with Gasteiger partial charge in [-0.25, -0.2) is 0 Å². The second-order valence-corrected chi connectivity index (χ2v) is 6.90. The molecule has 1 aliphatic heterocycles. The third-order valence-electron chi connectivity index (χ3n) is 4.55. The molecule has 8 nitrogen and oxygen atoms in total. The van der Waals surface area contributed by atoms with E-state index in [4.69, 9.17) is 14.2 Å². The monoisotopic (exact) mass is 393 g/mol. The smallest absolute Gasteiger partial charge is 0.237 e. The second-order valence-electron chi connectivity index (χ2n) is 6.90. The van der Waals surface area contributed by atoms with Gasteiger partial charge in [-0.3, -0.25) is 14.5 Å². The Hall–Kier alpha value is -2.32. The van der Waals surface area contributed by atoms with Crippen molar-refractivity contribution in [3.05, 3.63) is 23.8 Å². The first kappa shape index (κ1) is 22.0. The molecule has 156 valence electrons. The van der Waals surface area contributed by atoms with E-state index in [2.05, 4.69) is 10.6 Å². The van der Waals surface area contributed by atoms with Crippen LogP contribution in [0.3, 0.4) is 0 Å². The van der Waals surface area contributed by atoms with Crippen LogP contribution in [0.4, 0.5) is 0 Å². The lowest BCUT2D eigenvalue weighted by Crippen LogP contribution is -2.56. The Balaban J connectivity index is 2.02. The minimum atomic E-state index is -0.532. The Bertz CT molecular complexity index is 665. The van der Waals surface area contributed by atoms with Crippen molar-refractivity contribution in [3.63, 3.8) is 0 Å². The number of hydrogen-bond acceptors (Lipinski definition) is 6. The van der Waals surface area contributed by atoms with Crippen molar-refractivity contribution in [2.45, 2.75) is 39.0 Å². The van der Waals surface area contributed by atoms with Crippen LogP contribution in [-0.4, -0.2) is 69.3 Å². The molecule has 0 saturated carbocycles. The van der Waals surface area contributed by atoms with Gasteiger partial charge in [0.1, 0.15) is 0 Å². The van der Waals surface area contributed by atoms with Crippen LogP contribution in [0, 0.1) is 0 Å². The predicted octanol–water partition coefficient (Wildman–Crippen LogP) is 0.936. The molecule has 0 aromatic heterocycles. The summed E-state index contributed by atoms with van der Waals surface area (Å²) in [5.41, 5.74) is 0.910. The molecule has 1 saturated heterocycles. The first-order chi connectivity index (χ1) is 13.5. The maximum atomic E-state index is 12.4. The molecule has 1 aliphatic rings. The van der Waals surface area contributed by atoms with Gasteiger partial charge in [0.25, 0.3) is 0 Å². The molecule has 0 aliphatic carbocycles. The Morgan fingerprint density at radius 2 is 2.11 bits per heavy atom. The Kier molecular flexibility index (Phi) is 8.53. The lowest BCUT2D eigenvalue weighted by Gasteiger charge is -2.35. The van der Waals surface area contributed by atoms with Crippen LogP contribution >= 0.6 is 0 Å². The summed E-state index contributed by atoms with van der Waals surface area (Å²) < 4.78 is 16.3. The van der Waals surface area contributed by atoms with E-state index in [1.165, 1.54) is 0 Å². The Labute approximate surface area is 166 Å². The summed E-state index contributed by atoms with van der Waals surface area (Å²) in [5, 5.41) is 5.66. The van der Waals surface area contributed by atoms with Gasteiger partial charge in [0.15, 0.2) is 11.5 Å². The molecule has 2 N–H and O–H groups in total. The van der Waals surface area contributed by atoms with Crippen molar-refractivity contribution in [2.24, 2.45) is 0 Å². The lowest BCUT2D eigenvalue weighted by atomic mass is 10.1. The van der Waals surface area contributed by atoms with Crippen molar-refractivity contribution in [3.8, 4) is 11.5 Å². The maximum Gasteiger partial charge on any atom is 0.237 e. The van der Waals surface area contributed by atoms with Gasteiger partial charge in [-0.15, -0.1) is 0 Å². The summed E-state index contributed by atoms with van der Waals surface area (Å²) in [5.74, 6) is 0.977. The molecule has 0 radical (unpaired) electrons. The highest BCUT2D eigenvalue weighted by Crippen LogP contribution is 2.32. The average molecular weight is 393 g/mol. The number of amides is 2. The van der Waals surface area contributed by atoms with Crippen molar-refractivity contribution in [1.82, 2.24) is 15.5 Å². The molecule has 1 atom stereocenters. The number of nitrogens with zero attached hydrogens (tertiary/aromatic N) is 1. The van der Waals surface area contributed by atoms with E-state index in [9.17, 15) is 9.59 Å². The van der Waals surface area contributed by atoms with Crippen molar-refractivity contribution in [2.75, 3.05) is 40.5 Å². The molecule has 1 heterocycles. The van der Waals surface area contributed by atoms with Gasteiger partial charge in [0.05, 0.1) is 39.4 Å². The summed E-state index contributed by atoms with van der Waals surface area (Å²) in [7, 11) is 3.18. The highest BCUT2D eigenvalue weighted by molar-refractivity contribution is 5.88. The summed E-state index contributed by atoms with van der Waals surface area (Å²) >= 11 is 0. The first-order valence-corrected chi connectivity index (χ1v) is 9.56. The summed E-state index contributed by atoms with van der Waals surface area (Å²) in [6, 6.07) is 5.12. The van der Waals surface area contributed by atoms with Crippen molar-refractivity contribution in [1.29, 1.82) is 0 Å². The molecule has 1 fully saturated rings. The van der Waals surface area contributed by atoms with Gasteiger partial charge in [0, 0.05) is 31.7 Å². The fraction of sp³-hybridized carbons (Fsp3) is 0.600. The van der Waals surface area contributed by atoms with Crippen LogP contribution in [0.25, 0.3) is 0 Å². The molecule has 0 spiro atoms. The Morgan fingerprint density at radius 3 is 2.79 bits per heavy atom. The summed E-state index contributed by atoms with van der Waals surface area (Å²) in [6.07, 6.45) is 0.217. The van der Waals surface area contributed by atoms with Crippen LogP contribution in [-0.2, 0) is 20.9 Å². The molecule has 2 amide bonds. The standard InChI is InChI=1S/C20H31N3O5/c1-14(2)28-11-9-21-18(24)12-16-20(25)22-8-10-23(16)13-15-6-5-7-17(26-3)19(15)27-4/h5-7,14,16H,8-13H2,1-4H3,(H,21,24)(H,22,25). The van der Waals surface area contributed by atoms with Crippen LogP contribution in [0.15, 0.2) is 18.2 Å². The predicted molar refractivity (Wildman–Crippen MR) is 105 cm³/mol. The zero-order chi connectivity index (χ0) is 20.5. The van der Waals surface area contributed by atoms with E-state index >= 15 is 0 Å². The minimum absolute atomic E-state index is 0.0970. The number of hydrogen-bond donors (Lipinski definition) is 2. The fourth-order valence-electron chi connectivity index (χ4n) is 3.20. The van der Waals surface area contributed by atoms with Gasteiger partial charge < -0.3 is 24.8 Å². The first-order valence-electron chi connectivity index (χ1n) is 9.56. The molecular formula is C20H31N3O5. The quantitative estimate of drug-likeness (QED) is 0.575. The molecule has 1 unspecified atom stereocenters. The third-order valence-corrected chi connectivity index (χ3v) is 4.55. The van der Waals surface area contributed by atoms with Crippen LogP contribution < -0.4 is 20.1 Å². The zero-order valence-electron chi connectivity index (χ0n) is 17.1. The second kappa shape index (κ2) is 10.9. The number of nitrogens with one attached hydrogen (secondary N) is 2. The van der Waals surface area contributed by atoms with Gasteiger partial charge in [-0.1, -0.05) is 12.1 Å². The van der Waals surface area contributed by atoms with E-state index in [0.29, 0.717) is 44.3 Å². The number of benzene rings is 1. The SMILES string of the molecule is COc1cccc(CN2CCNC(=O)C2CC(=O)NCCOC(C)C)c1OC. The summed E-state index contributed by atoms with van der Waals surface area (Å²) in [4.78, 5) is 26.7. The highest BCUT2D eigenvalue weighted by Gasteiger charge is 2.32. The molecule has 1 aromatic rings. The summed E-state index contributed by atoms with van der Waals surface area (Å²) in [6.45, 7) is 6.45. The zero-order valence-corrected chi connectivity index (χ0v) is 17.1. The lowest BCUT2D eigenvalue weighted by molar-refractivity contribution is -0.134.